The number of hydrogen-bond acceptors (Lipinski definition) is 5. The Morgan fingerprint density at radius 2 is 2.10 bits per heavy atom. The van der Waals surface area contributed by atoms with E-state index in [4.69, 9.17) is 5.11 Å². The number of rotatable bonds is 6. The number of hydrogen-bond donors (Lipinski definition) is 1. The normalized spacial score (nSPS) is 20.9. The van der Waals surface area contributed by atoms with Gasteiger partial charge in [-0.25, -0.2) is 0 Å². The largest absolute Gasteiger partial charge is 0.481 e. The molecule has 0 amide bonds. The first-order chi connectivity index (χ1) is 9.28. The molecule has 0 bridgehead atoms. The summed E-state index contributed by atoms with van der Waals surface area (Å²) in [7, 11) is -1.13. The second-order valence-corrected chi connectivity index (χ2v) is 6.73. The molecule has 0 aliphatic carbocycles. The van der Waals surface area contributed by atoms with Crippen molar-refractivity contribution in [3.63, 3.8) is 0 Å². The molecule has 1 rings (SSSR count). The zero-order chi connectivity index (χ0) is 15.3. The first-order valence-electron chi connectivity index (χ1n) is 6.30. The van der Waals surface area contributed by atoms with E-state index < -0.39 is 28.1 Å². The van der Waals surface area contributed by atoms with Gasteiger partial charge in [0.15, 0.2) is 0 Å². The van der Waals surface area contributed by atoms with Crippen LogP contribution in [0.4, 0.5) is 0 Å². The summed E-state index contributed by atoms with van der Waals surface area (Å²) in [6.45, 7) is 0.302. The topological polar surface area (TPSA) is 104 Å². The number of carboxylic acid groups (broad SMARTS) is 1. The van der Waals surface area contributed by atoms with Crippen LogP contribution in [-0.4, -0.2) is 67.9 Å². The van der Waals surface area contributed by atoms with Crippen LogP contribution in [0.25, 0.3) is 0 Å². The van der Waals surface area contributed by atoms with Gasteiger partial charge in [-0.15, -0.1) is 0 Å². The molecule has 1 aliphatic rings. The predicted octanol–water partition coefficient (Wildman–Crippen LogP) is -0.477. The van der Waals surface area contributed by atoms with Crippen molar-refractivity contribution in [3.05, 3.63) is 0 Å². The van der Waals surface area contributed by atoms with Gasteiger partial charge in [-0.3, -0.25) is 9.59 Å². The Kier molecular flexibility index (Phi) is 5.90. The highest BCUT2D eigenvalue weighted by atomic mass is 32.2. The van der Waals surface area contributed by atoms with Crippen LogP contribution in [0.5, 0.6) is 0 Å². The van der Waals surface area contributed by atoms with E-state index in [1.807, 2.05) is 0 Å². The van der Waals surface area contributed by atoms with Gasteiger partial charge in [0.1, 0.15) is 0 Å². The lowest BCUT2D eigenvalue weighted by Crippen LogP contribution is -2.48. The Balaban J connectivity index is 2.71. The van der Waals surface area contributed by atoms with Crippen molar-refractivity contribution in [2.75, 3.05) is 33.8 Å². The molecule has 1 aliphatic heterocycles. The van der Waals surface area contributed by atoms with Gasteiger partial charge >= 0.3 is 11.9 Å². The first-order valence-corrected chi connectivity index (χ1v) is 7.69. The van der Waals surface area contributed by atoms with Gasteiger partial charge in [-0.05, 0) is 12.8 Å². The van der Waals surface area contributed by atoms with Gasteiger partial charge in [-0.2, -0.15) is 17.0 Å². The average molecular weight is 308 g/mol. The Hall–Kier alpha value is -1.19. The Morgan fingerprint density at radius 3 is 2.65 bits per heavy atom. The summed E-state index contributed by atoms with van der Waals surface area (Å²) in [5.74, 6) is -1.94. The Bertz CT molecular complexity index is 464. The van der Waals surface area contributed by atoms with Crippen molar-refractivity contribution in [2.24, 2.45) is 5.92 Å². The summed E-state index contributed by atoms with van der Waals surface area (Å²) in [5, 5.41) is 8.59. The molecule has 1 heterocycles. The molecule has 0 aromatic carbocycles. The number of piperidine rings is 1. The van der Waals surface area contributed by atoms with Crippen LogP contribution in [0.15, 0.2) is 0 Å². The van der Waals surface area contributed by atoms with Gasteiger partial charge in [0.25, 0.3) is 10.2 Å². The molecule has 116 valence electrons. The minimum Gasteiger partial charge on any atom is -0.481 e. The van der Waals surface area contributed by atoms with Crippen LogP contribution in [0.3, 0.4) is 0 Å². The summed E-state index contributed by atoms with van der Waals surface area (Å²) in [4.78, 5) is 22.0. The summed E-state index contributed by atoms with van der Waals surface area (Å²) in [5.41, 5.74) is 0. The third kappa shape index (κ3) is 4.15. The summed E-state index contributed by atoms with van der Waals surface area (Å²) < 4.78 is 31.4. The number of carboxylic acids is 1. The average Bonchev–Trinajstić information content (AvgIpc) is 2.43. The molecule has 1 fully saturated rings. The number of nitrogens with zero attached hydrogens (tertiary/aromatic N) is 2. The fourth-order valence-electron chi connectivity index (χ4n) is 2.08. The van der Waals surface area contributed by atoms with E-state index in [0.29, 0.717) is 19.4 Å². The number of carbonyl (C=O) groups is 2. The second-order valence-electron chi connectivity index (χ2n) is 4.69. The van der Waals surface area contributed by atoms with E-state index in [1.54, 1.807) is 0 Å². The molecule has 20 heavy (non-hydrogen) atoms. The van der Waals surface area contributed by atoms with Crippen LogP contribution in [0, 0.1) is 5.92 Å². The summed E-state index contributed by atoms with van der Waals surface area (Å²) in [6, 6.07) is 0. The minimum atomic E-state index is -3.74. The van der Waals surface area contributed by atoms with Gasteiger partial charge in [0.05, 0.1) is 19.4 Å². The molecule has 1 unspecified atom stereocenters. The number of carbonyl (C=O) groups excluding carboxylic acids is 1. The molecule has 0 saturated carbocycles. The number of aliphatic carboxylic acids is 1. The molecule has 1 saturated heterocycles. The van der Waals surface area contributed by atoms with Crippen LogP contribution in [0.2, 0.25) is 0 Å². The standard InChI is InChI=1S/C11H20N2O6S/c1-12(7-5-10(14)15)20(17,18)13-6-3-4-9(8-13)11(16)19-2/h9H,3-8H2,1-2H3,(H,14,15). The van der Waals surface area contributed by atoms with Gasteiger partial charge in [-0.1, -0.05) is 0 Å². The number of methoxy groups -OCH3 is 1. The fraction of sp³-hybridized carbons (Fsp3) is 0.818. The highest BCUT2D eigenvalue weighted by Gasteiger charge is 2.34. The van der Waals surface area contributed by atoms with E-state index in [0.717, 1.165) is 4.31 Å². The van der Waals surface area contributed by atoms with Gasteiger partial charge < -0.3 is 9.84 Å². The molecule has 0 radical (unpaired) electrons. The zero-order valence-corrected chi connectivity index (χ0v) is 12.4. The summed E-state index contributed by atoms with van der Waals surface area (Å²) in [6.07, 6.45) is 0.910. The Labute approximate surface area is 118 Å². The Morgan fingerprint density at radius 1 is 1.45 bits per heavy atom. The minimum absolute atomic E-state index is 0.0758. The maximum Gasteiger partial charge on any atom is 0.309 e. The molecular formula is C11H20N2O6S. The van der Waals surface area contributed by atoms with Crippen LogP contribution in [-0.2, 0) is 24.5 Å². The molecule has 0 aromatic rings. The van der Waals surface area contributed by atoms with E-state index >= 15 is 0 Å². The van der Waals surface area contributed by atoms with Crippen molar-refractivity contribution >= 4 is 22.1 Å². The SMILES string of the molecule is COC(=O)C1CCCN(S(=O)(=O)N(C)CCC(=O)O)C1. The van der Waals surface area contributed by atoms with Crippen molar-refractivity contribution in [2.45, 2.75) is 19.3 Å². The van der Waals surface area contributed by atoms with Crippen molar-refractivity contribution < 1.29 is 27.9 Å². The first kappa shape index (κ1) is 16.9. The third-order valence-corrected chi connectivity index (χ3v) is 5.23. The fourth-order valence-corrected chi connectivity index (χ4v) is 3.52. The third-order valence-electron chi connectivity index (χ3n) is 3.28. The van der Waals surface area contributed by atoms with Crippen LogP contribution in [0.1, 0.15) is 19.3 Å². The van der Waals surface area contributed by atoms with E-state index in [2.05, 4.69) is 4.74 Å². The predicted molar refractivity (Wildman–Crippen MR) is 70.1 cm³/mol. The van der Waals surface area contributed by atoms with E-state index in [-0.39, 0.29) is 19.5 Å². The smallest absolute Gasteiger partial charge is 0.309 e. The lowest BCUT2D eigenvalue weighted by Gasteiger charge is -2.33. The van der Waals surface area contributed by atoms with Crippen LogP contribution >= 0.6 is 0 Å². The van der Waals surface area contributed by atoms with Gasteiger partial charge in [0.2, 0.25) is 0 Å². The lowest BCUT2D eigenvalue weighted by molar-refractivity contribution is -0.146. The van der Waals surface area contributed by atoms with Gasteiger partial charge in [0, 0.05) is 26.7 Å². The second kappa shape index (κ2) is 7.00. The van der Waals surface area contributed by atoms with Crippen molar-refractivity contribution in [1.82, 2.24) is 8.61 Å². The van der Waals surface area contributed by atoms with E-state index in [1.165, 1.54) is 18.5 Å². The molecule has 1 atom stereocenters. The van der Waals surface area contributed by atoms with Crippen LogP contribution < -0.4 is 0 Å². The maximum atomic E-state index is 12.3. The zero-order valence-electron chi connectivity index (χ0n) is 11.6. The molecular weight excluding hydrogens is 288 g/mol. The monoisotopic (exact) mass is 308 g/mol. The lowest BCUT2D eigenvalue weighted by atomic mass is 10.0. The highest BCUT2D eigenvalue weighted by molar-refractivity contribution is 7.86. The quantitative estimate of drug-likeness (QED) is 0.665. The number of ether oxygens (including phenoxy) is 1. The molecule has 0 aromatic heterocycles. The van der Waals surface area contributed by atoms with Crippen molar-refractivity contribution in [1.29, 1.82) is 0 Å². The summed E-state index contributed by atoms with van der Waals surface area (Å²) >= 11 is 0. The highest BCUT2D eigenvalue weighted by Crippen LogP contribution is 2.21. The molecule has 9 heteroatoms. The molecule has 8 nitrogen and oxygen atoms in total. The maximum absolute atomic E-state index is 12.3. The van der Waals surface area contributed by atoms with Crippen molar-refractivity contribution in [3.8, 4) is 0 Å². The molecule has 1 N–H and O–H groups in total. The molecule has 0 spiro atoms. The van der Waals surface area contributed by atoms with E-state index in [9.17, 15) is 18.0 Å². The number of esters is 1.